The first kappa shape index (κ1) is 19.6. The van der Waals surface area contributed by atoms with Gasteiger partial charge in [0.05, 0.1) is 30.5 Å². The minimum atomic E-state index is -0.544. The number of ether oxygens (including phenoxy) is 3. The van der Waals surface area contributed by atoms with E-state index in [0.29, 0.717) is 53.3 Å². The third-order valence-electron chi connectivity index (χ3n) is 3.94. The predicted octanol–water partition coefficient (Wildman–Crippen LogP) is 4.45. The van der Waals surface area contributed by atoms with Crippen molar-refractivity contribution in [1.82, 2.24) is 0 Å². The minimum Gasteiger partial charge on any atom is -0.492 e. The van der Waals surface area contributed by atoms with Crippen molar-refractivity contribution in [3.8, 4) is 23.3 Å². The zero-order valence-electron chi connectivity index (χ0n) is 15.3. The molecule has 0 bridgehead atoms. The van der Waals surface area contributed by atoms with Crippen LogP contribution in [0.3, 0.4) is 0 Å². The molecule has 144 valence electrons. The lowest BCUT2D eigenvalue weighted by Crippen LogP contribution is -2.14. The number of nitrogens with one attached hydrogen (secondary N) is 1. The van der Waals surface area contributed by atoms with Crippen LogP contribution in [0.1, 0.15) is 18.9 Å². The number of para-hydroxylation sites is 2. The van der Waals surface area contributed by atoms with Gasteiger partial charge in [-0.15, -0.1) is 0 Å². The Labute approximate surface area is 168 Å². The van der Waals surface area contributed by atoms with Gasteiger partial charge in [0.1, 0.15) is 17.4 Å². The summed E-state index contributed by atoms with van der Waals surface area (Å²) in [4.78, 5) is 12.6. The van der Waals surface area contributed by atoms with Crippen molar-refractivity contribution in [2.45, 2.75) is 13.3 Å². The van der Waals surface area contributed by atoms with Gasteiger partial charge in [-0.05, 0) is 42.8 Å². The third-order valence-corrected chi connectivity index (χ3v) is 4.22. The lowest BCUT2D eigenvalue weighted by atomic mass is 10.1. The molecule has 7 heteroatoms. The van der Waals surface area contributed by atoms with Crippen LogP contribution in [0.15, 0.2) is 42.0 Å². The number of rotatable bonds is 5. The van der Waals surface area contributed by atoms with Gasteiger partial charge in [-0.3, -0.25) is 4.79 Å². The molecule has 1 aliphatic rings. The molecule has 0 spiro atoms. The first-order valence-corrected chi connectivity index (χ1v) is 9.24. The molecule has 0 aliphatic carbocycles. The highest BCUT2D eigenvalue weighted by Crippen LogP contribution is 2.38. The number of hydrogen-bond acceptors (Lipinski definition) is 5. The zero-order chi connectivity index (χ0) is 19.9. The molecule has 3 rings (SSSR count). The standard InChI is InChI=1S/C21H19ClN2O4/c1-2-26-18-7-4-3-6-17(18)24-21(25)15(13-23)10-14-11-16(22)20-19(12-14)27-8-5-9-28-20/h3-4,6-7,10-12H,2,5,8-9H2,1H3,(H,24,25). The van der Waals surface area contributed by atoms with E-state index in [2.05, 4.69) is 5.32 Å². The smallest absolute Gasteiger partial charge is 0.266 e. The quantitative estimate of drug-likeness (QED) is 0.594. The molecular formula is C21H19ClN2O4. The molecule has 0 saturated heterocycles. The van der Waals surface area contributed by atoms with Crippen LogP contribution in [0.25, 0.3) is 6.08 Å². The molecule has 0 atom stereocenters. The summed E-state index contributed by atoms with van der Waals surface area (Å²) < 4.78 is 16.7. The SMILES string of the molecule is CCOc1ccccc1NC(=O)C(C#N)=Cc1cc(Cl)c2c(c1)OCCCO2. The van der Waals surface area contributed by atoms with E-state index in [0.717, 1.165) is 6.42 Å². The molecule has 1 N–H and O–H groups in total. The van der Waals surface area contributed by atoms with Crippen molar-refractivity contribution < 1.29 is 19.0 Å². The molecule has 0 unspecified atom stereocenters. The van der Waals surface area contributed by atoms with Gasteiger partial charge in [-0.2, -0.15) is 5.26 Å². The maximum atomic E-state index is 12.6. The number of carbonyl (C=O) groups excluding carboxylic acids is 1. The second kappa shape index (κ2) is 9.16. The zero-order valence-corrected chi connectivity index (χ0v) is 16.1. The fraction of sp³-hybridized carbons (Fsp3) is 0.238. The number of fused-ring (bicyclic) bond motifs is 1. The summed E-state index contributed by atoms with van der Waals surface area (Å²) in [6, 6.07) is 12.3. The average Bonchev–Trinajstić information content (AvgIpc) is 2.93. The Kier molecular flexibility index (Phi) is 6.41. The first-order chi connectivity index (χ1) is 13.6. The van der Waals surface area contributed by atoms with Gasteiger partial charge in [-0.1, -0.05) is 23.7 Å². The highest BCUT2D eigenvalue weighted by atomic mass is 35.5. The molecule has 2 aromatic carbocycles. The van der Waals surface area contributed by atoms with Gasteiger partial charge in [-0.25, -0.2) is 0 Å². The van der Waals surface area contributed by atoms with Crippen molar-refractivity contribution in [2.75, 3.05) is 25.1 Å². The van der Waals surface area contributed by atoms with Gasteiger partial charge in [0.2, 0.25) is 0 Å². The summed E-state index contributed by atoms with van der Waals surface area (Å²) >= 11 is 6.28. The number of nitrogens with zero attached hydrogens (tertiary/aromatic N) is 1. The van der Waals surface area contributed by atoms with Crippen LogP contribution in [0, 0.1) is 11.3 Å². The number of nitriles is 1. The summed E-state index contributed by atoms with van der Waals surface area (Å²) in [6.45, 7) is 3.35. The van der Waals surface area contributed by atoms with E-state index in [1.807, 2.05) is 13.0 Å². The maximum absolute atomic E-state index is 12.6. The van der Waals surface area contributed by atoms with Crippen molar-refractivity contribution in [1.29, 1.82) is 5.26 Å². The van der Waals surface area contributed by atoms with Crippen molar-refractivity contribution in [3.05, 3.63) is 52.6 Å². The lowest BCUT2D eigenvalue weighted by molar-refractivity contribution is -0.112. The van der Waals surface area contributed by atoms with E-state index in [1.54, 1.807) is 36.4 Å². The van der Waals surface area contributed by atoms with E-state index in [9.17, 15) is 10.1 Å². The Morgan fingerprint density at radius 1 is 1.32 bits per heavy atom. The Morgan fingerprint density at radius 3 is 2.89 bits per heavy atom. The second-order valence-corrected chi connectivity index (χ2v) is 6.34. The molecule has 0 fully saturated rings. The number of carbonyl (C=O) groups is 1. The van der Waals surface area contributed by atoms with E-state index < -0.39 is 5.91 Å². The van der Waals surface area contributed by atoms with E-state index in [1.165, 1.54) is 6.08 Å². The summed E-state index contributed by atoms with van der Waals surface area (Å²) in [5.41, 5.74) is 0.989. The number of benzene rings is 2. The summed E-state index contributed by atoms with van der Waals surface area (Å²) in [5, 5.41) is 12.5. The van der Waals surface area contributed by atoms with Crippen LogP contribution in [0.5, 0.6) is 17.2 Å². The number of anilines is 1. The van der Waals surface area contributed by atoms with E-state index >= 15 is 0 Å². The second-order valence-electron chi connectivity index (χ2n) is 5.93. The number of halogens is 1. The van der Waals surface area contributed by atoms with Gasteiger partial charge in [0.15, 0.2) is 11.5 Å². The monoisotopic (exact) mass is 398 g/mol. The molecule has 0 radical (unpaired) electrons. The third kappa shape index (κ3) is 4.56. The molecule has 28 heavy (non-hydrogen) atoms. The predicted molar refractivity (Wildman–Crippen MR) is 107 cm³/mol. The van der Waals surface area contributed by atoms with Crippen LogP contribution in [-0.2, 0) is 4.79 Å². The Morgan fingerprint density at radius 2 is 2.11 bits per heavy atom. The molecule has 1 aliphatic heterocycles. The highest BCUT2D eigenvalue weighted by molar-refractivity contribution is 6.32. The minimum absolute atomic E-state index is 0.0724. The fourth-order valence-electron chi connectivity index (χ4n) is 2.69. The maximum Gasteiger partial charge on any atom is 0.266 e. The van der Waals surface area contributed by atoms with Gasteiger partial charge >= 0.3 is 0 Å². The molecule has 0 aromatic heterocycles. The molecule has 1 amide bonds. The summed E-state index contributed by atoms with van der Waals surface area (Å²) in [5.74, 6) is 0.965. The van der Waals surface area contributed by atoms with E-state index in [-0.39, 0.29) is 5.57 Å². The van der Waals surface area contributed by atoms with E-state index in [4.69, 9.17) is 25.8 Å². The lowest BCUT2D eigenvalue weighted by Gasteiger charge is -2.11. The van der Waals surface area contributed by atoms with Gasteiger partial charge < -0.3 is 19.5 Å². The van der Waals surface area contributed by atoms with Crippen molar-refractivity contribution in [3.63, 3.8) is 0 Å². The normalized spacial score (nSPS) is 13.2. The summed E-state index contributed by atoms with van der Waals surface area (Å²) in [7, 11) is 0. The Hall–Kier alpha value is -3.17. The fourth-order valence-corrected chi connectivity index (χ4v) is 2.96. The topological polar surface area (TPSA) is 80.6 Å². The molecule has 2 aromatic rings. The average molecular weight is 399 g/mol. The highest BCUT2D eigenvalue weighted by Gasteiger charge is 2.17. The van der Waals surface area contributed by atoms with Crippen molar-refractivity contribution in [2.24, 2.45) is 0 Å². The van der Waals surface area contributed by atoms with Crippen LogP contribution in [-0.4, -0.2) is 25.7 Å². The van der Waals surface area contributed by atoms with Gasteiger partial charge in [0, 0.05) is 6.42 Å². The molecular weight excluding hydrogens is 380 g/mol. The van der Waals surface area contributed by atoms with Crippen LogP contribution >= 0.6 is 11.6 Å². The molecule has 6 nitrogen and oxygen atoms in total. The molecule has 0 saturated carbocycles. The van der Waals surface area contributed by atoms with Crippen molar-refractivity contribution >= 4 is 29.3 Å². The van der Waals surface area contributed by atoms with Gasteiger partial charge in [0.25, 0.3) is 5.91 Å². The number of hydrogen-bond donors (Lipinski definition) is 1. The Bertz CT molecular complexity index is 950. The number of amides is 1. The summed E-state index contributed by atoms with van der Waals surface area (Å²) in [6.07, 6.45) is 2.21. The van der Waals surface area contributed by atoms with Crippen LogP contribution < -0.4 is 19.5 Å². The largest absolute Gasteiger partial charge is 0.492 e. The molecule has 1 heterocycles. The van der Waals surface area contributed by atoms with Crippen LogP contribution in [0.4, 0.5) is 5.69 Å². The Balaban J connectivity index is 1.86. The first-order valence-electron chi connectivity index (χ1n) is 8.86. The van der Waals surface area contributed by atoms with Crippen LogP contribution in [0.2, 0.25) is 5.02 Å².